The zero-order chi connectivity index (χ0) is 13.2. The van der Waals surface area contributed by atoms with E-state index in [1.807, 2.05) is 0 Å². The fourth-order valence-electron chi connectivity index (χ4n) is 1.57. The van der Waals surface area contributed by atoms with Crippen LogP contribution in [0.25, 0.3) is 0 Å². The second-order valence-electron chi connectivity index (χ2n) is 3.90. The number of rotatable bonds is 5. The fraction of sp³-hybridized carbons (Fsp3) is 0.750. The largest absolute Gasteiger partial charge is 0.479 e. The van der Waals surface area contributed by atoms with Gasteiger partial charge in [0.2, 0.25) is 15.9 Å². The Morgan fingerprint density at radius 2 is 2.18 bits per heavy atom. The fourth-order valence-corrected chi connectivity index (χ4v) is 2.34. The molecule has 4 N–H and O–H groups in total. The summed E-state index contributed by atoms with van der Waals surface area (Å²) in [5.41, 5.74) is 0. The second-order valence-corrected chi connectivity index (χ2v) is 5.74. The number of aliphatic carboxylic acids is 1. The maximum Gasteiger partial charge on any atom is 0.332 e. The number of aliphatic hydroxyl groups is 1. The van der Waals surface area contributed by atoms with Crippen LogP contribution in [0.15, 0.2) is 0 Å². The number of carbonyl (C=O) groups is 2. The SMILES string of the molecule is NS(=O)(=O)C1CC(=O)N(CC[C@H](O)C(=O)O)C1. The number of nitrogens with two attached hydrogens (primary N) is 1. The number of hydrogen-bond donors (Lipinski definition) is 3. The molecule has 98 valence electrons. The van der Waals surface area contributed by atoms with E-state index in [-0.39, 0.29) is 25.9 Å². The van der Waals surface area contributed by atoms with Crippen molar-refractivity contribution in [2.75, 3.05) is 13.1 Å². The van der Waals surface area contributed by atoms with Gasteiger partial charge in [0.05, 0.1) is 0 Å². The molecule has 9 heteroatoms. The van der Waals surface area contributed by atoms with Gasteiger partial charge in [0.25, 0.3) is 0 Å². The maximum atomic E-state index is 11.4. The molecule has 1 amide bonds. The molecule has 0 aliphatic carbocycles. The Morgan fingerprint density at radius 3 is 2.59 bits per heavy atom. The molecule has 0 saturated carbocycles. The molecule has 1 heterocycles. The molecule has 8 nitrogen and oxygen atoms in total. The molecule has 0 radical (unpaired) electrons. The summed E-state index contributed by atoms with van der Waals surface area (Å²) >= 11 is 0. The number of nitrogens with zero attached hydrogens (tertiary/aromatic N) is 1. The molecular formula is C8H14N2O6S. The Morgan fingerprint density at radius 1 is 1.59 bits per heavy atom. The second kappa shape index (κ2) is 4.98. The minimum atomic E-state index is -3.76. The summed E-state index contributed by atoms with van der Waals surface area (Å²) in [5.74, 6) is -1.78. The first kappa shape index (κ1) is 13.9. The quantitative estimate of drug-likeness (QED) is 0.512. The van der Waals surface area contributed by atoms with E-state index in [1.54, 1.807) is 0 Å². The molecule has 1 unspecified atom stereocenters. The van der Waals surface area contributed by atoms with Crippen molar-refractivity contribution in [2.45, 2.75) is 24.2 Å². The minimum Gasteiger partial charge on any atom is -0.479 e. The van der Waals surface area contributed by atoms with Crippen molar-refractivity contribution in [3.63, 3.8) is 0 Å². The molecule has 1 rings (SSSR count). The van der Waals surface area contributed by atoms with Gasteiger partial charge in [0, 0.05) is 25.9 Å². The van der Waals surface area contributed by atoms with E-state index in [4.69, 9.17) is 15.4 Å². The average Bonchev–Trinajstić information content (AvgIpc) is 2.55. The summed E-state index contributed by atoms with van der Waals surface area (Å²) in [5, 5.41) is 21.4. The standard InChI is InChI=1S/C8H14N2O6S/c9-17(15,16)5-3-7(12)10(4-5)2-1-6(11)8(13)14/h5-6,11H,1-4H2,(H,13,14)(H2,9,15,16)/t5?,6-/m0/s1. The van der Waals surface area contributed by atoms with Crippen molar-refractivity contribution in [1.82, 2.24) is 4.90 Å². The Bertz CT molecular complexity index is 420. The van der Waals surface area contributed by atoms with Crippen molar-refractivity contribution in [3.8, 4) is 0 Å². The molecule has 1 aliphatic rings. The van der Waals surface area contributed by atoms with Crippen LogP contribution in [0.4, 0.5) is 0 Å². The van der Waals surface area contributed by atoms with Gasteiger partial charge < -0.3 is 15.1 Å². The van der Waals surface area contributed by atoms with Crippen LogP contribution in [0.3, 0.4) is 0 Å². The molecular weight excluding hydrogens is 252 g/mol. The van der Waals surface area contributed by atoms with E-state index in [0.29, 0.717) is 0 Å². The van der Waals surface area contributed by atoms with Gasteiger partial charge in [-0.2, -0.15) is 0 Å². The zero-order valence-electron chi connectivity index (χ0n) is 8.94. The van der Waals surface area contributed by atoms with Crippen LogP contribution in [-0.4, -0.2) is 59.9 Å². The molecule has 17 heavy (non-hydrogen) atoms. The summed E-state index contributed by atoms with van der Waals surface area (Å²) in [6.45, 7) is -0.0532. The summed E-state index contributed by atoms with van der Waals surface area (Å²) in [6.07, 6.45) is -1.89. The van der Waals surface area contributed by atoms with Crippen molar-refractivity contribution >= 4 is 21.9 Å². The molecule has 0 bridgehead atoms. The van der Waals surface area contributed by atoms with Crippen molar-refractivity contribution in [1.29, 1.82) is 0 Å². The highest BCUT2D eigenvalue weighted by Crippen LogP contribution is 2.16. The average molecular weight is 266 g/mol. The number of amides is 1. The van der Waals surface area contributed by atoms with Crippen molar-refractivity contribution < 1.29 is 28.2 Å². The third kappa shape index (κ3) is 3.65. The number of carbonyl (C=O) groups excluding carboxylic acids is 1. The van der Waals surface area contributed by atoms with Crippen LogP contribution in [-0.2, 0) is 19.6 Å². The maximum absolute atomic E-state index is 11.4. The number of primary sulfonamides is 1. The van der Waals surface area contributed by atoms with Crippen molar-refractivity contribution in [2.24, 2.45) is 5.14 Å². The number of hydrogen-bond acceptors (Lipinski definition) is 5. The third-order valence-electron chi connectivity index (χ3n) is 2.60. The lowest BCUT2D eigenvalue weighted by atomic mass is 10.2. The van der Waals surface area contributed by atoms with Crippen LogP contribution >= 0.6 is 0 Å². The Labute approximate surface area is 98.1 Å². The molecule has 1 aliphatic heterocycles. The summed E-state index contributed by atoms with van der Waals surface area (Å²) in [4.78, 5) is 22.9. The molecule has 1 fully saturated rings. The molecule has 0 aromatic rings. The zero-order valence-corrected chi connectivity index (χ0v) is 9.76. The van der Waals surface area contributed by atoms with Gasteiger partial charge in [0.15, 0.2) is 6.10 Å². The monoisotopic (exact) mass is 266 g/mol. The number of sulfonamides is 1. The van der Waals surface area contributed by atoms with Gasteiger partial charge in [-0.15, -0.1) is 0 Å². The van der Waals surface area contributed by atoms with Crippen LogP contribution in [0.1, 0.15) is 12.8 Å². The Kier molecular flexibility index (Phi) is 4.07. The molecule has 0 spiro atoms. The smallest absolute Gasteiger partial charge is 0.332 e. The van der Waals surface area contributed by atoms with Crippen LogP contribution in [0.5, 0.6) is 0 Å². The van der Waals surface area contributed by atoms with Gasteiger partial charge >= 0.3 is 5.97 Å². The van der Waals surface area contributed by atoms with E-state index >= 15 is 0 Å². The Balaban J connectivity index is 2.52. The van der Waals surface area contributed by atoms with Gasteiger partial charge in [-0.05, 0) is 0 Å². The number of carboxylic acid groups (broad SMARTS) is 1. The topological polar surface area (TPSA) is 138 Å². The van der Waals surface area contributed by atoms with E-state index in [0.717, 1.165) is 0 Å². The summed E-state index contributed by atoms with van der Waals surface area (Å²) in [7, 11) is -3.76. The van der Waals surface area contributed by atoms with Gasteiger partial charge in [-0.1, -0.05) is 0 Å². The van der Waals surface area contributed by atoms with E-state index < -0.39 is 33.3 Å². The first-order valence-corrected chi connectivity index (χ1v) is 6.53. The van der Waals surface area contributed by atoms with Gasteiger partial charge in [-0.3, -0.25) is 4.79 Å². The van der Waals surface area contributed by atoms with Gasteiger partial charge in [0.1, 0.15) is 5.25 Å². The highest BCUT2D eigenvalue weighted by atomic mass is 32.2. The lowest BCUT2D eigenvalue weighted by Gasteiger charge is -2.16. The highest BCUT2D eigenvalue weighted by Gasteiger charge is 2.36. The van der Waals surface area contributed by atoms with Crippen LogP contribution in [0.2, 0.25) is 0 Å². The predicted octanol–water partition coefficient (Wildman–Crippen LogP) is -2.29. The number of carboxylic acids is 1. The highest BCUT2D eigenvalue weighted by molar-refractivity contribution is 7.89. The van der Waals surface area contributed by atoms with E-state index in [2.05, 4.69) is 0 Å². The molecule has 2 atom stereocenters. The Hall–Kier alpha value is -1.19. The van der Waals surface area contributed by atoms with Crippen LogP contribution in [0, 0.1) is 0 Å². The van der Waals surface area contributed by atoms with Crippen molar-refractivity contribution in [3.05, 3.63) is 0 Å². The molecule has 1 saturated heterocycles. The molecule has 0 aromatic carbocycles. The summed E-state index contributed by atoms with van der Waals surface area (Å²) in [6, 6.07) is 0. The normalized spacial score (nSPS) is 22.8. The number of likely N-dealkylation sites (tertiary alicyclic amines) is 1. The summed E-state index contributed by atoms with van der Waals surface area (Å²) < 4.78 is 22.1. The number of aliphatic hydroxyl groups excluding tert-OH is 1. The third-order valence-corrected chi connectivity index (χ3v) is 3.85. The minimum absolute atomic E-state index is 0.00167. The first-order valence-electron chi connectivity index (χ1n) is 4.92. The van der Waals surface area contributed by atoms with Crippen LogP contribution < -0.4 is 5.14 Å². The lowest BCUT2D eigenvalue weighted by molar-refractivity contribution is -0.147. The molecule has 0 aromatic heterocycles. The first-order chi connectivity index (χ1) is 7.71. The van der Waals surface area contributed by atoms with E-state index in [9.17, 15) is 18.0 Å². The lowest BCUT2D eigenvalue weighted by Crippen LogP contribution is -2.34. The van der Waals surface area contributed by atoms with E-state index in [1.165, 1.54) is 4.90 Å². The van der Waals surface area contributed by atoms with Gasteiger partial charge in [-0.25, -0.2) is 18.4 Å². The predicted molar refractivity (Wildman–Crippen MR) is 56.4 cm³/mol.